The van der Waals surface area contributed by atoms with Gasteiger partial charge < -0.3 is 10.0 Å². The molecule has 0 radical (unpaired) electrons. The summed E-state index contributed by atoms with van der Waals surface area (Å²) in [5, 5.41) is 9.02. The lowest BCUT2D eigenvalue weighted by Gasteiger charge is -2.27. The maximum atomic E-state index is 12.6. The summed E-state index contributed by atoms with van der Waals surface area (Å²) in [5.41, 5.74) is 1.55. The van der Waals surface area contributed by atoms with Gasteiger partial charge in [-0.1, -0.05) is 24.3 Å². The molecule has 1 aromatic carbocycles. The molecule has 1 aliphatic heterocycles. The molecular weight excluding hydrogens is 288 g/mol. The summed E-state index contributed by atoms with van der Waals surface area (Å²) < 4.78 is 26.9. The Morgan fingerprint density at radius 1 is 1.19 bits per heavy atom. The molecule has 1 atom stereocenters. The van der Waals surface area contributed by atoms with E-state index in [1.54, 1.807) is 28.6 Å². The first kappa shape index (κ1) is 16.4. The van der Waals surface area contributed by atoms with Gasteiger partial charge in [0.2, 0.25) is 10.0 Å². The Labute approximate surface area is 127 Å². The highest BCUT2D eigenvalue weighted by Crippen LogP contribution is 2.18. The molecular formula is C15H24N2O3S. The van der Waals surface area contributed by atoms with Crippen molar-refractivity contribution >= 4 is 10.0 Å². The summed E-state index contributed by atoms with van der Waals surface area (Å²) in [5.74, 6) is 0.0206. The SMILES string of the molecule is CC1CN(C)CCCN1S(=O)(=O)Cc1ccc(CO)cc1. The van der Waals surface area contributed by atoms with Crippen LogP contribution in [0.1, 0.15) is 24.5 Å². The van der Waals surface area contributed by atoms with E-state index in [0.29, 0.717) is 6.54 Å². The van der Waals surface area contributed by atoms with Gasteiger partial charge in [-0.05, 0) is 38.1 Å². The third-order valence-corrected chi connectivity index (χ3v) is 5.85. The van der Waals surface area contributed by atoms with Crippen LogP contribution in [0.2, 0.25) is 0 Å². The molecule has 0 spiro atoms. The number of likely N-dealkylation sites (N-methyl/N-ethyl adjacent to an activating group) is 1. The van der Waals surface area contributed by atoms with Crippen molar-refractivity contribution in [1.82, 2.24) is 9.21 Å². The minimum atomic E-state index is -3.31. The van der Waals surface area contributed by atoms with Crippen molar-refractivity contribution in [2.24, 2.45) is 0 Å². The normalized spacial score (nSPS) is 22.1. The Bertz CT molecular complexity index is 557. The number of nitrogens with zero attached hydrogens (tertiary/aromatic N) is 2. The molecule has 0 bridgehead atoms. The van der Waals surface area contributed by atoms with E-state index in [2.05, 4.69) is 4.90 Å². The van der Waals surface area contributed by atoms with E-state index in [9.17, 15) is 8.42 Å². The predicted octanol–water partition coefficient (Wildman–Crippen LogP) is 1.03. The van der Waals surface area contributed by atoms with E-state index in [-0.39, 0.29) is 18.4 Å². The number of aliphatic hydroxyl groups excluding tert-OH is 1. The van der Waals surface area contributed by atoms with Crippen molar-refractivity contribution in [3.63, 3.8) is 0 Å². The van der Waals surface area contributed by atoms with Gasteiger partial charge >= 0.3 is 0 Å². The van der Waals surface area contributed by atoms with Crippen LogP contribution in [0.25, 0.3) is 0 Å². The van der Waals surface area contributed by atoms with Crippen molar-refractivity contribution in [2.75, 3.05) is 26.7 Å². The minimum absolute atomic E-state index is 0.000727. The average molecular weight is 312 g/mol. The molecule has 0 aromatic heterocycles. The zero-order chi connectivity index (χ0) is 15.5. The van der Waals surface area contributed by atoms with E-state index in [0.717, 1.165) is 30.6 Å². The first-order chi connectivity index (χ1) is 9.92. The molecule has 6 heteroatoms. The van der Waals surface area contributed by atoms with Crippen LogP contribution < -0.4 is 0 Å². The fraction of sp³-hybridized carbons (Fsp3) is 0.600. The van der Waals surface area contributed by atoms with E-state index in [1.165, 1.54) is 0 Å². The van der Waals surface area contributed by atoms with Gasteiger partial charge in [-0.25, -0.2) is 8.42 Å². The second kappa shape index (κ2) is 6.87. The number of rotatable bonds is 4. The number of benzene rings is 1. The monoisotopic (exact) mass is 312 g/mol. The highest BCUT2D eigenvalue weighted by molar-refractivity contribution is 7.88. The highest BCUT2D eigenvalue weighted by atomic mass is 32.2. The van der Waals surface area contributed by atoms with E-state index in [1.807, 2.05) is 14.0 Å². The summed E-state index contributed by atoms with van der Waals surface area (Å²) in [6.07, 6.45) is 0.865. The Hall–Kier alpha value is -0.950. The Morgan fingerprint density at radius 2 is 1.81 bits per heavy atom. The third-order valence-electron chi connectivity index (χ3n) is 3.90. The van der Waals surface area contributed by atoms with Crippen LogP contribution in [0.5, 0.6) is 0 Å². The topological polar surface area (TPSA) is 60.9 Å². The van der Waals surface area contributed by atoms with E-state index >= 15 is 0 Å². The molecule has 1 aliphatic rings. The Kier molecular flexibility index (Phi) is 5.37. The molecule has 0 aliphatic carbocycles. The lowest BCUT2D eigenvalue weighted by atomic mass is 10.2. The minimum Gasteiger partial charge on any atom is -0.392 e. The van der Waals surface area contributed by atoms with Gasteiger partial charge in [-0.15, -0.1) is 0 Å². The van der Waals surface area contributed by atoms with Gasteiger partial charge in [0.15, 0.2) is 0 Å². The fourth-order valence-electron chi connectivity index (χ4n) is 2.80. The number of sulfonamides is 1. The summed E-state index contributed by atoms with van der Waals surface area (Å²) in [6, 6.07) is 7.09. The van der Waals surface area contributed by atoms with Crippen LogP contribution in [0.4, 0.5) is 0 Å². The van der Waals surface area contributed by atoms with Gasteiger partial charge in [0.1, 0.15) is 0 Å². The molecule has 0 saturated carbocycles. The third kappa shape index (κ3) is 4.26. The van der Waals surface area contributed by atoms with Crippen molar-refractivity contribution in [3.8, 4) is 0 Å². The molecule has 0 amide bonds. The molecule has 1 unspecified atom stereocenters. The molecule has 2 rings (SSSR count). The lowest BCUT2D eigenvalue weighted by Crippen LogP contribution is -2.42. The standard InChI is InChI=1S/C15H24N2O3S/c1-13-10-16(2)8-3-9-17(13)21(19,20)12-15-6-4-14(11-18)5-7-15/h4-7,13,18H,3,8-12H2,1-2H3. The Morgan fingerprint density at radius 3 is 2.43 bits per heavy atom. The van der Waals surface area contributed by atoms with E-state index < -0.39 is 10.0 Å². The van der Waals surface area contributed by atoms with Crippen LogP contribution >= 0.6 is 0 Å². The summed E-state index contributed by atoms with van der Waals surface area (Å²) in [4.78, 5) is 2.18. The molecule has 1 fully saturated rings. The van der Waals surface area contributed by atoms with Gasteiger partial charge in [0.05, 0.1) is 12.4 Å². The maximum absolute atomic E-state index is 12.6. The molecule has 118 valence electrons. The van der Waals surface area contributed by atoms with Crippen LogP contribution in [0.15, 0.2) is 24.3 Å². The zero-order valence-corrected chi connectivity index (χ0v) is 13.5. The fourth-order valence-corrected chi connectivity index (χ4v) is 4.60. The molecule has 1 saturated heterocycles. The van der Waals surface area contributed by atoms with E-state index in [4.69, 9.17) is 5.11 Å². The van der Waals surface area contributed by atoms with Gasteiger partial charge in [-0.3, -0.25) is 0 Å². The number of aliphatic hydroxyl groups is 1. The van der Waals surface area contributed by atoms with Crippen LogP contribution in [0, 0.1) is 0 Å². The molecule has 1 aromatic rings. The lowest BCUT2D eigenvalue weighted by molar-refractivity contribution is 0.282. The maximum Gasteiger partial charge on any atom is 0.218 e. The van der Waals surface area contributed by atoms with Crippen LogP contribution in [-0.2, 0) is 22.4 Å². The largest absolute Gasteiger partial charge is 0.392 e. The van der Waals surface area contributed by atoms with Crippen LogP contribution in [-0.4, -0.2) is 55.5 Å². The average Bonchev–Trinajstić information content (AvgIpc) is 2.60. The summed E-state index contributed by atoms with van der Waals surface area (Å²) in [7, 11) is -1.28. The highest BCUT2D eigenvalue weighted by Gasteiger charge is 2.29. The van der Waals surface area contributed by atoms with Gasteiger partial charge in [0, 0.05) is 19.1 Å². The summed E-state index contributed by atoms with van der Waals surface area (Å²) >= 11 is 0. The first-order valence-corrected chi connectivity index (χ1v) is 8.90. The smallest absolute Gasteiger partial charge is 0.218 e. The molecule has 1 N–H and O–H groups in total. The Balaban J connectivity index is 2.12. The quantitative estimate of drug-likeness (QED) is 0.902. The predicted molar refractivity (Wildman–Crippen MR) is 83.3 cm³/mol. The molecule has 5 nitrogen and oxygen atoms in total. The van der Waals surface area contributed by atoms with Crippen molar-refractivity contribution in [1.29, 1.82) is 0 Å². The molecule has 21 heavy (non-hydrogen) atoms. The summed E-state index contributed by atoms with van der Waals surface area (Å²) in [6.45, 7) is 4.23. The van der Waals surface area contributed by atoms with Crippen molar-refractivity contribution in [2.45, 2.75) is 31.7 Å². The first-order valence-electron chi connectivity index (χ1n) is 7.29. The van der Waals surface area contributed by atoms with Gasteiger partial charge in [0.25, 0.3) is 0 Å². The van der Waals surface area contributed by atoms with Crippen molar-refractivity contribution in [3.05, 3.63) is 35.4 Å². The second-order valence-corrected chi connectivity index (χ2v) is 7.73. The number of hydrogen-bond acceptors (Lipinski definition) is 4. The zero-order valence-electron chi connectivity index (χ0n) is 12.7. The number of hydrogen-bond donors (Lipinski definition) is 1. The van der Waals surface area contributed by atoms with Crippen molar-refractivity contribution < 1.29 is 13.5 Å². The molecule has 1 heterocycles. The second-order valence-electron chi connectivity index (χ2n) is 5.81. The van der Waals surface area contributed by atoms with Gasteiger partial charge in [-0.2, -0.15) is 4.31 Å². The van der Waals surface area contributed by atoms with Crippen LogP contribution in [0.3, 0.4) is 0 Å².